The molecule has 0 radical (unpaired) electrons. The molecule has 7 nitrogen and oxygen atoms in total. The van der Waals surface area contributed by atoms with Crippen molar-refractivity contribution in [3.8, 4) is 6.07 Å². The van der Waals surface area contributed by atoms with Crippen LogP contribution in [0, 0.1) is 11.3 Å². The first-order valence-electron chi connectivity index (χ1n) is 9.80. The molecule has 0 bridgehead atoms. The van der Waals surface area contributed by atoms with Crippen molar-refractivity contribution < 1.29 is 4.79 Å². The molecule has 2 aliphatic heterocycles. The summed E-state index contributed by atoms with van der Waals surface area (Å²) in [7, 11) is 0. The summed E-state index contributed by atoms with van der Waals surface area (Å²) >= 11 is 0. The second kappa shape index (κ2) is 8.36. The summed E-state index contributed by atoms with van der Waals surface area (Å²) in [5.74, 6) is 1.04. The fourth-order valence-electron chi connectivity index (χ4n) is 4.04. The smallest absolute Gasteiger partial charge is 0.240 e. The van der Waals surface area contributed by atoms with Gasteiger partial charge in [0.05, 0.1) is 6.04 Å². The highest BCUT2D eigenvalue weighted by atomic mass is 16.2. The number of hydrogen-bond acceptors (Lipinski definition) is 6. The fourth-order valence-corrected chi connectivity index (χ4v) is 4.04. The third-order valence-electron chi connectivity index (χ3n) is 5.56. The van der Waals surface area contributed by atoms with E-state index in [4.69, 9.17) is 5.26 Å². The van der Waals surface area contributed by atoms with Gasteiger partial charge in [-0.1, -0.05) is 30.3 Å². The number of nitriles is 1. The molecule has 1 aromatic heterocycles. The summed E-state index contributed by atoms with van der Waals surface area (Å²) < 4.78 is 0. The quantitative estimate of drug-likeness (QED) is 0.808. The number of rotatable bonds is 4. The van der Waals surface area contributed by atoms with Gasteiger partial charge < -0.3 is 9.80 Å². The predicted octanol–water partition coefficient (Wildman–Crippen LogP) is 1.66. The van der Waals surface area contributed by atoms with E-state index in [1.54, 1.807) is 6.07 Å². The lowest BCUT2D eigenvalue weighted by Crippen LogP contribution is -2.57. The van der Waals surface area contributed by atoms with E-state index in [9.17, 15) is 4.79 Å². The van der Waals surface area contributed by atoms with Crippen molar-refractivity contribution in [1.82, 2.24) is 20.0 Å². The van der Waals surface area contributed by atoms with Crippen molar-refractivity contribution in [2.24, 2.45) is 0 Å². The summed E-state index contributed by atoms with van der Waals surface area (Å²) in [6.45, 7) is 4.81. The molecule has 4 rings (SSSR count). The second-order valence-electron chi connectivity index (χ2n) is 7.32. The molecular formula is C21H24N6O. The van der Waals surface area contributed by atoms with E-state index in [0.717, 1.165) is 51.4 Å². The van der Waals surface area contributed by atoms with Crippen LogP contribution in [-0.4, -0.2) is 64.7 Å². The van der Waals surface area contributed by atoms with Crippen molar-refractivity contribution in [3.63, 3.8) is 0 Å². The van der Waals surface area contributed by atoms with Gasteiger partial charge in [0.2, 0.25) is 5.91 Å². The Balaban J connectivity index is 1.35. The molecule has 1 atom stereocenters. The van der Waals surface area contributed by atoms with Crippen LogP contribution >= 0.6 is 0 Å². The van der Waals surface area contributed by atoms with Gasteiger partial charge in [-0.05, 0) is 30.5 Å². The number of carbonyl (C=O) groups is 1. The number of benzene rings is 1. The standard InChI is InChI=1S/C21H24N6O/c22-15-18-8-9-20(24-23-18)26-13-11-25(12-14-26)19-7-4-10-27(21(19)28)16-17-5-2-1-3-6-17/h1-3,5-6,8-9,19H,4,7,10-14,16H2. The van der Waals surface area contributed by atoms with Crippen LogP contribution in [0.25, 0.3) is 0 Å². The van der Waals surface area contributed by atoms with E-state index < -0.39 is 0 Å². The van der Waals surface area contributed by atoms with Gasteiger partial charge in [0.25, 0.3) is 0 Å². The number of carbonyl (C=O) groups excluding carboxylic acids is 1. The van der Waals surface area contributed by atoms with Crippen molar-refractivity contribution in [2.45, 2.75) is 25.4 Å². The molecular weight excluding hydrogens is 352 g/mol. The van der Waals surface area contributed by atoms with Crippen molar-refractivity contribution in [3.05, 3.63) is 53.7 Å². The Bertz CT molecular complexity index is 839. The first-order chi connectivity index (χ1) is 13.7. The largest absolute Gasteiger partial charge is 0.353 e. The van der Waals surface area contributed by atoms with Gasteiger partial charge in [0, 0.05) is 39.3 Å². The second-order valence-corrected chi connectivity index (χ2v) is 7.32. The number of piperidine rings is 1. The van der Waals surface area contributed by atoms with Crippen molar-refractivity contribution >= 4 is 11.7 Å². The summed E-state index contributed by atoms with van der Waals surface area (Å²) in [5.41, 5.74) is 1.51. The Labute approximate surface area is 165 Å². The predicted molar refractivity (Wildman–Crippen MR) is 105 cm³/mol. The topological polar surface area (TPSA) is 76.4 Å². The van der Waals surface area contributed by atoms with E-state index in [1.165, 1.54) is 5.56 Å². The molecule has 1 unspecified atom stereocenters. The number of anilines is 1. The van der Waals surface area contributed by atoms with Crippen LogP contribution in [0.15, 0.2) is 42.5 Å². The number of aromatic nitrogens is 2. The zero-order valence-corrected chi connectivity index (χ0v) is 15.9. The molecule has 0 spiro atoms. The maximum absolute atomic E-state index is 13.1. The Morgan fingerprint density at radius 1 is 1.00 bits per heavy atom. The molecule has 2 saturated heterocycles. The van der Waals surface area contributed by atoms with Gasteiger partial charge in [-0.3, -0.25) is 9.69 Å². The highest BCUT2D eigenvalue weighted by Crippen LogP contribution is 2.22. The van der Waals surface area contributed by atoms with Crippen LogP contribution in [0.5, 0.6) is 0 Å². The molecule has 0 N–H and O–H groups in total. The van der Waals surface area contributed by atoms with E-state index in [1.807, 2.05) is 35.2 Å². The van der Waals surface area contributed by atoms with Crippen LogP contribution in [0.4, 0.5) is 5.82 Å². The molecule has 144 valence electrons. The molecule has 28 heavy (non-hydrogen) atoms. The maximum Gasteiger partial charge on any atom is 0.240 e. The monoisotopic (exact) mass is 376 g/mol. The molecule has 2 fully saturated rings. The third-order valence-corrected chi connectivity index (χ3v) is 5.56. The average molecular weight is 376 g/mol. The lowest BCUT2D eigenvalue weighted by molar-refractivity contribution is -0.141. The Morgan fingerprint density at radius 3 is 2.46 bits per heavy atom. The summed E-state index contributed by atoms with van der Waals surface area (Å²) in [6, 6.07) is 15.7. The number of likely N-dealkylation sites (tertiary alicyclic amines) is 1. The summed E-state index contributed by atoms with van der Waals surface area (Å²) in [6.07, 6.45) is 1.98. The molecule has 7 heteroatoms. The first kappa shape index (κ1) is 18.4. The average Bonchev–Trinajstić information content (AvgIpc) is 2.76. The lowest BCUT2D eigenvalue weighted by atomic mass is 10.0. The van der Waals surface area contributed by atoms with E-state index in [2.05, 4.69) is 32.1 Å². The van der Waals surface area contributed by atoms with E-state index in [0.29, 0.717) is 12.2 Å². The normalized spacial score (nSPS) is 20.8. The van der Waals surface area contributed by atoms with Gasteiger partial charge >= 0.3 is 0 Å². The minimum absolute atomic E-state index is 0.0216. The molecule has 2 aliphatic rings. The SMILES string of the molecule is N#Cc1ccc(N2CCN(C3CCCN(Cc4ccccc4)C3=O)CC2)nn1. The van der Waals surface area contributed by atoms with Gasteiger partial charge in [-0.15, -0.1) is 10.2 Å². The van der Waals surface area contributed by atoms with Gasteiger partial charge in [0.15, 0.2) is 11.5 Å². The third kappa shape index (κ3) is 3.97. The zero-order chi connectivity index (χ0) is 19.3. The van der Waals surface area contributed by atoms with Crippen LogP contribution in [0.2, 0.25) is 0 Å². The Kier molecular flexibility index (Phi) is 5.49. The highest BCUT2D eigenvalue weighted by molar-refractivity contribution is 5.82. The van der Waals surface area contributed by atoms with Crippen LogP contribution in [-0.2, 0) is 11.3 Å². The number of amides is 1. The van der Waals surface area contributed by atoms with Crippen molar-refractivity contribution in [2.75, 3.05) is 37.6 Å². The summed E-state index contributed by atoms with van der Waals surface area (Å²) in [4.78, 5) is 19.5. The fraction of sp³-hybridized carbons (Fsp3) is 0.429. The number of piperazine rings is 1. The number of nitrogens with zero attached hydrogens (tertiary/aromatic N) is 6. The summed E-state index contributed by atoms with van der Waals surface area (Å²) in [5, 5.41) is 16.9. The molecule has 3 heterocycles. The Morgan fingerprint density at radius 2 is 1.79 bits per heavy atom. The minimum atomic E-state index is -0.0216. The molecule has 1 aromatic carbocycles. The Hall–Kier alpha value is -2.98. The maximum atomic E-state index is 13.1. The number of hydrogen-bond donors (Lipinski definition) is 0. The minimum Gasteiger partial charge on any atom is -0.353 e. The lowest BCUT2D eigenvalue weighted by Gasteiger charge is -2.42. The van der Waals surface area contributed by atoms with Crippen molar-refractivity contribution in [1.29, 1.82) is 5.26 Å². The highest BCUT2D eigenvalue weighted by Gasteiger charge is 2.34. The van der Waals surface area contributed by atoms with E-state index in [-0.39, 0.29) is 11.9 Å². The molecule has 2 aromatic rings. The van der Waals surface area contributed by atoms with Crippen LogP contribution in [0.3, 0.4) is 0 Å². The molecule has 0 saturated carbocycles. The van der Waals surface area contributed by atoms with Gasteiger partial charge in [0.1, 0.15) is 6.07 Å². The van der Waals surface area contributed by atoms with Crippen LogP contribution < -0.4 is 4.90 Å². The van der Waals surface area contributed by atoms with Crippen LogP contribution in [0.1, 0.15) is 24.1 Å². The van der Waals surface area contributed by atoms with Gasteiger partial charge in [-0.25, -0.2) is 0 Å². The molecule has 0 aliphatic carbocycles. The molecule has 1 amide bonds. The van der Waals surface area contributed by atoms with E-state index >= 15 is 0 Å². The first-order valence-corrected chi connectivity index (χ1v) is 9.80. The van der Waals surface area contributed by atoms with Gasteiger partial charge in [-0.2, -0.15) is 5.26 Å². The zero-order valence-electron chi connectivity index (χ0n) is 15.9.